The van der Waals surface area contributed by atoms with Crippen molar-refractivity contribution in [1.29, 1.82) is 0 Å². The normalized spacial score (nSPS) is 14.6. The average molecular weight is 598 g/mol. The fourth-order valence-corrected chi connectivity index (χ4v) is 6.75. The fraction of sp³-hybridized carbons (Fsp3) is 0.400. The Morgan fingerprint density at radius 2 is 1.86 bits per heavy atom. The molecule has 0 unspecified atom stereocenters. The first-order valence-corrected chi connectivity index (χ1v) is 15.5. The molecular formula is C30H36FN5O5S. The highest BCUT2D eigenvalue weighted by molar-refractivity contribution is 7.89. The van der Waals surface area contributed by atoms with Crippen molar-refractivity contribution in [2.45, 2.75) is 31.2 Å². The number of aromatic amines is 1. The van der Waals surface area contributed by atoms with Crippen LogP contribution in [0.5, 0.6) is 5.75 Å². The lowest BCUT2D eigenvalue weighted by Gasteiger charge is -2.30. The van der Waals surface area contributed by atoms with E-state index in [9.17, 15) is 17.6 Å². The van der Waals surface area contributed by atoms with Crippen LogP contribution in [0.3, 0.4) is 0 Å². The lowest BCUT2D eigenvalue weighted by Crippen LogP contribution is -2.42. The molecule has 1 aliphatic heterocycles. The van der Waals surface area contributed by atoms with E-state index in [0.717, 1.165) is 30.6 Å². The van der Waals surface area contributed by atoms with Crippen molar-refractivity contribution < 1.29 is 22.3 Å². The molecular weight excluding hydrogens is 561 g/mol. The number of hydrogen-bond donors (Lipinski definition) is 1. The highest BCUT2D eigenvalue weighted by Gasteiger charge is 2.27. The minimum absolute atomic E-state index is 0.0586. The second-order valence-electron chi connectivity index (χ2n) is 10.4. The predicted octanol–water partition coefficient (Wildman–Crippen LogP) is 3.55. The molecule has 0 bridgehead atoms. The number of benzene rings is 2. The van der Waals surface area contributed by atoms with Crippen LogP contribution in [0, 0.1) is 5.82 Å². The number of methoxy groups -OCH3 is 1. The van der Waals surface area contributed by atoms with Gasteiger partial charge in [0.15, 0.2) is 0 Å². The number of aryl methyl sites for hydroxylation is 2. The third-order valence-corrected chi connectivity index (χ3v) is 9.38. The zero-order chi connectivity index (χ0) is 29.9. The number of halogens is 1. The Labute approximate surface area is 244 Å². The number of pyridine rings is 1. The monoisotopic (exact) mass is 597 g/mol. The van der Waals surface area contributed by atoms with Gasteiger partial charge in [-0.3, -0.25) is 14.4 Å². The maximum Gasteiger partial charge on any atom is 0.274 e. The van der Waals surface area contributed by atoms with Crippen LogP contribution in [0.4, 0.5) is 4.39 Å². The number of rotatable bonds is 11. The van der Waals surface area contributed by atoms with Gasteiger partial charge in [-0.25, -0.2) is 12.8 Å². The second kappa shape index (κ2) is 12.7. The third-order valence-electron chi connectivity index (χ3n) is 7.54. The minimum atomic E-state index is -4.01. The molecule has 3 heterocycles. The molecule has 0 radical (unpaired) electrons. The number of morpholine rings is 1. The highest BCUT2D eigenvalue weighted by atomic mass is 32.2. The molecule has 2 aromatic carbocycles. The molecule has 1 aliphatic rings. The van der Waals surface area contributed by atoms with Crippen molar-refractivity contribution in [3.05, 3.63) is 76.0 Å². The number of fused-ring (bicyclic) bond motifs is 1. The van der Waals surface area contributed by atoms with E-state index in [2.05, 4.69) is 15.0 Å². The van der Waals surface area contributed by atoms with Crippen molar-refractivity contribution in [3.8, 4) is 17.0 Å². The number of nitrogens with zero attached hydrogens (tertiary/aromatic N) is 4. The highest BCUT2D eigenvalue weighted by Crippen LogP contribution is 2.33. The molecule has 224 valence electrons. The number of nitrogens with one attached hydrogen (secondary N) is 1. The average Bonchev–Trinajstić information content (AvgIpc) is 3.31. The molecule has 12 heteroatoms. The number of hydrogen-bond acceptors (Lipinski definition) is 7. The molecule has 0 atom stereocenters. The first-order chi connectivity index (χ1) is 20.2. The van der Waals surface area contributed by atoms with Gasteiger partial charge in [-0.15, -0.1) is 0 Å². The van der Waals surface area contributed by atoms with E-state index in [1.807, 2.05) is 13.0 Å². The molecule has 0 amide bonds. The van der Waals surface area contributed by atoms with Crippen LogP contribution >= 0.6 is 0 Å². The molecule has 10 nitrogen and oxygen atoms in total. The summed E-state index contributed by atoms with van der Waals surface area (Å²) in [5.41, 5.74) is 2.49. The zero-order valence-corrected chi connectivity index (χ0v) is 24.9. The van der Waals surface area contributed by atoms with Gasteiger partial charge in [0.25, 0.3) is 5.56 Å². The number of ether oxygens (including phenoxy) is 2. The summed E-state index contributed by atoms with van der Waals surface area (Å²) in [4.78, 5) is 18.3. The van der Waals surface area contributed by atoms with Crippen LogP contribution in [0.15, 0.2) is 58.2 Å². The summed E-state index contributed by atoms with van der Waals surface area (Å²) < 4.78 is 55.9. The maximum absolute atomic E-state index is 14.2. The minimum Gasteiger partial charge on any atom is -0.496 e. The Morgan fingerprint density at radius 3 is 2.55 bits per heavy atom. The van der Waals surface area contributed by atoms with Crippen molar-refractivity contribution >= 4 is 20.9 Å². The predicted molar refractivity (Wildman–Crippen MR) is 159 cm³/mol. The zero-order valence-electron chi connectivity index (χ0n) is 24.1. The Kier molecular flexibility index (Phi) is 9.07. The van der Waals surface area contributed by atoms with Crippen molar-refractivity contribution in [1.82, 2.24) is 24.0 Å². The Hall–Kier alpha value is -3.58. The lowest BCUT2D eigenvalue weighted by atomic mass is 10.1. The van der Waals surface area contributed by atoms with E-state index >= 15 is 0 Å². The number of H-pyrrole nitrogens is 1. The van der Waals surface area contributed by atoms with Gasteiger partial charge in [0, 0.05) is 50.7 Å². The lowest BCUT2D eigenvalue weighted by molar-refractivity contribution is 0.0361. The van der Waals surface area contributed by atoms with Crippen LogP contribution in [0.25, 0.3) is 22.2 Å². The molecule has 42 heavy (non-hydrogen) atoms. The van der Waals surface area contributed by atoms with E-state index in [-0.39, 0.29) is 29.4 Å². The van der Waals surface area contributed by atoms with Crippen LogP contribution in [-0.4, -0.2) is 78.9 Å². The molecule has 4 aromatic rings. The summed E-state index contributed by atoms with van der Waals surface area (Å²) in [5, 5.41) is 5.25. The van der Waals surface area contributed by atoms with Gasteiger partial charge in [-0.2, -0.15) is 9.40 Å². The summed E-state index contributed by atoms with van der Waals surface area (Å²) in [6.07, 6.45) is 1.56. The van der Waals surface area contributed by atoms with Gasteiger partial charge in [0.2, 0.25) is 10.0 Å². The quantitative estimate of drug-likeness (QED) is 0.282. The van der Waals surface area contributed by atoms with Gasteiger partial charge in [-0.1, -0.05) is 25.5 Å². The van der Waals surface area contributed by atoms with Crippen LogP contribution in [0.1, 0.15) is 24.6 Å². The van der Waals surface area contributed by atoms with E-state index < -0.39 is 10.0 Å². The number of aromatic nitrogens is 3. The summed E-state index contributed by atoms with van der Waals surface area (Å²) in [7, 11) is -0.781. The first-order valence-electron chi connectivity index (χ1n) is 14.0. The molecule has 0 spiro atoms. The van der Waals surface area contributed by atoms with Gasteiger partial charge in [0.05, 0.1) is 36.6 Å². The van der Waals surface area contributed by atoms with Gasteiger partial charge >= 0.3 is 0 Å². The molecule has 1 N–H and O–H groups in total. The molecule has 5 rings (SSSR count). The standard InChI is InChI=1S/C30H36FN5O5S/c1-4-5-26-25-19-27(32-30(37)29(25)34(2)33-26)24-18-23(10-11-28(24)40-3)42(38,39)36(13-12-35-14-16-41-17-15-35)20-21-6-8-22(31)9-7-21/h6-11,18-19H,4-5,12-17,20H2,1-3H3,(H,32,37). The molecule has 1 fully saturated rings. The Bertz CT molecular complexity index is 1710. The Morgan fingerprint density at radius 1 is 1.12 bits per heavy atom. The Balaban J connectivity index is 1.55. The largest absolute Gasteiger partial charge is 0.496 e. The fourth-order valence-electron chi connectivity index (χ4n) is 5.31. The van der Waals surface area contributed by atoms with E-state index in [0.29, 0.717) is 54.3 Å². The summed E-state index contributed by atoms with van der Waals surface area (Å²) in [6.45, 7) is 5.54. The topological polar surface area (TPSA) is 110 Å². The molecule has 0 aliphatic carbocycles. The SMILES string of the molecule is CCCc1nn(C)c2c(=O)[nH]c(-c3cc(S(=O)(=O)N(CCN4CCOCC4)Cc4ccc(F)cc4)ccc3OC)cc12. The first kappa shape index (κ1) is 29.9. The van der Waals surface area contributed by atoms with E-state index in [4.69, 9.17) is 9.47 Å². The smallest absolute Gasteiger partial charge is 0.274 e. The summed E-state index contributed by atoms with van der Waals surface area (Å²) >= 11 is 0. The third kappa shape index (κ3) is 6.26. The number of sulfonamides is 1. The van der Waals surface area contributed by atoms with Crippen LogP contribution in [0.2, 0.25) is 0 Å². The second-order valence-corrected chi connectivity index (χ2v) is 12.3. The van der Waals surface area contributed by atoms with Crippen molar-refractivity contribution in [2.24, 2.45) is 7.05 Å². The maximum atomic E-state index is 14.2. The van der Waals surface area contributed by atoms with E-state index in [1.54, 1.807) is 29.9 Å². The van der Waals surface area contributed by atoms with Crippen LogP contribution < -0.4 is 10.3 Å². The van der Waals surface area contributed by atoms with Gasteiger partial charge < -0.3 is 14.5 Å². The van der Waals surface area contributed by atoms with E-state index in [1.165, 1.54) is 35.7 Å². The van der Waals surface area contributed by atoms with Gasteiger partial charge in [-0.05, 0) is 48.4 Å². The molecule has 2 aromatic heterocycles. The van der Waals surface area contributed by atoms with Gasteiger partial charge in [0.1, 0.15) is 17.1 Å². The summed E-state index contributed by atoms with van der Waals surface area (Å²) in [5.74, 6) is 0.0335. The molecule has 0 saturated carbocycles. The summed E-state index contributed by atoms with van der Waals surface area (Å²) in [6, 6.07) is 12.3. The van der Waals surface area contributed by atoms with Crippen molar-refractivity contribution in [2.75, 3.05) is 46.5 Å². The van der Waals surface area contributed by atoms with Crippen LogP contribution in [-0.2, 0) is 34.8 Å². The van der Waals surface area contributed by atoms with Crippen molar-refractivity contribution in [3.63, 3.8) is 0 Å². The molecule has 1 saturated heterocycles.